The minimum Gasteiger partial charge on any atom is -0.304 e. The zero-order chi connectivity index (χ0) is 11.1. The van der Waals surface area contributed by atoms with Crippen LogP contribution in [0.5, 0.6) is 0 Å². The molecule has 2 heteroatoms. The summed E-state index contributed by atoms with van der Waals surface area (Å²) in [4.78, 5) is 12.4. The van der Waals surface area contributed by atoms with Crippen LogP contribution in [0.15, 0.2) is 42.5 Å². The molecule has 0 bridgehead atoms. The van der Waals surface area contributed by atoms with Crippen molar-refractivity contribution in [2.45, 2.75) is 6.92 Å². The maximum Gasteiger partial charge on any atom is 0.153 e. The molecule has 2 nitrogen and oxygen atoms in total. The lowest BCUT2D eigenvalue weighted by Crippen LogP contribution is -2.07. The molecule has 0 spiro atoms. The highest BCUT2D eigenvalue weighted by Crippen LogP contribution is 2.08. The van der Waals surface area contributed by atoms with Gasteiger partial charge in [0, 0.05) is 18.8 Å². The monoisotopic (exact) mass is 199 g/mol. The highest BCUT2D eigenvalue weighted by atomic mass is 16.1. The Morgan fingerprint density at radius 1 is 1.33 bits per heavy atom. The minimum atomic E-state index is 0.00617. The molecular formula is C13H13NO. The predicted octanol–water partition coefficient (Wildman–Crippen LogP) is 2.23. The fourth-order valence-corrected chi connectivity index (χ4v) is 1.01. The van der Waals surface area contributed by atoms with Gasteiger partial charge in [0.05, 0.1) is 0 Å². The van der Waals surface area contributed by atoms with E-state index in [0.29, 0.717) is 0 Å². The topological polar surface area (TPSA) is 20.3 Å². The minimum absolute atomic E-state index is 0.00617. The van der Waals surface area contributed by atoms with Crippen molar-refractivity contribution in [1.82, 2.24) is 0 Å². The summed E-state index contributed by atoms with van der Waals surface area (Å²) < 4.78 is 0. The van der Waals surface area contributed by atoms with Crippen LogP contribution in [-0.4, -0.2) is 12.8 Å². The first-order valence-corrected chi connectivity index (χ1v) is 4.67. The lowest BCUT2D eigenvalue weighted by atomic mass is 10.3. The lowest BCUT2D eigenvalue weighted by molar-refractivity contribution is -0.112. The van der Waals surface area contributed by atoms with Crippen LogP contribution >= 0.6 is 0 Å². The van der Waals surface area contributed by atoms with Crippen molar-refractivity contribution in [2.75, 3.05) is 11.9 Å². The molecule has 0 aliphatic rings. The molecule has 1 rings (SSSR count). The first kappa shape index (κ1) is 11.1. The molecule has 0 saturated heterocycles. The molecule has 0 aliphatic carbocycles. The summed E-state index contributed by atoms with van der Waals surface area (Å²) >= 11 is 0. The molecule has 0 saturated carbocycles. The summed E-state index contributed by atoms with van der Waals surface area (Å²) in [6.45, 7) is 1.50. The molecule has 1 aromatic carbocycles. The summed E-state index contributed by atoms with van der Waals surface area (Å²) in [5, 5.41) is 0. The van der Waals surface area contributed by atoms with E-state index in [1.54, 1.807) is 6.08 Å². The number of carbonyl (C=O) groups is 1. The van der Waals surface area contributed by atoms with E-state index in [0.717, 1.165) is 5.69 Å². The van der Waals surface area contributed by atoms with Gasteiger partial charge in [-0.3, -0.25) is 4.79 Å². The molecule has 0 heterocycles. The first-order valence-electron chi connectivity index (χ1n) is 4.67. The van der Waals surface area contributed by atoms with E-state index < -0.39 is 0 Å². The second kappa shape index (κ2) is 5.66. The van der Waals surface area contributed by atoms with Gasteiger partial charge in [0.1, 0.15) is 0 Å². The Morgan fingerprint density at radius 3 is 2.60 bits per heavy atom. The Bertz CT molecular complexity index is 409. The quantitative estimate of drug-likeness (QED) is 0.413. The number of rotatable bonds is 2. The third-order valence-corrected chi connectivity index (χ3v) is 1.78. The number of anilines is 1. The van der Waals surface area contributed by atoms with Crippen LogP contribution in [0.3, 0.4) is 0 Å². The standard InChI is InChI=1S/C13H13NO/c1-12(15)8-6-7-11-14(2)13-9-4-3-5-10-13/h3-6,8-10H,1-2H3/b8-6+. The van der Waals surface area contributed by atoms with Crippen LogP contribution < -0.4 is 4.90 Å². The molecule has 0 radical (unpaired) electrons. The van der Waals surface area contributed by atoms with E-state index in [1.165, 1.54) is 13.0 Å². The van der Waals surface area contributed by atoms with Gasteiger partial charge in [0.25, 0.3) is 0 Å². The summed E-state index contributed by atoms with van der Waals surface area (Å²) in [6, 6.07) is 12.7. The van der Waals surface area contributed by atoms with Crippen molar-refractivity contribution < 1.29 is 4.79 Å². The van der Waals surface area contributed by atoms with Gasteiger partial charge >= 0.3 is 0 Å². The van der Waals surface area contributed by atoms with E-state index in [1.807, 2.05) is 42.3 Å². The Morgan fingerprint density at radius 2 is 2.00 bits per heavy atom. The number of para-hydroxylation sites is 1. The Hall–Kier alpha value is -2.01. The van der Waals surface area contributed by atoms with Crippen molar-refractivity contribution in [3.05, 3.63) is 42.5 Å². The maximum atomic E-state index is 10.6. The van der Waals surface area contributed by atoms with Gasteiger partial charge < -0.3 is 4.90 Å². The van der Waals surface area contributed by atoms with Crippen LogP contribution in [0.2, 0.25) is 0 Å². The van der Waals surface area contributed by atoms with Crippen LogP contribution in [0, 0.1) is 12.0 Å². The summed E-state index contributed by atoms with van der Waals surface area (Å²) in [5.41, 5.74) is 1.03. The van der Waals surface area contributed by atoms with E-state index >= 15 is 0 Å². The normalized spacial score (nSPS) is 9.47. The van der Waals surface area contributed by atoms with Crippen molar-refractivity contribution in [3.63, 3.8) is 0 Å². The van der Waals surface area contributed by atoms with Gasteiger partial charge in [0.2, 0.25) is 0 Å². The van der Waals surface area contributed by atoms with E-state index in [2.05, 4.69) is 12.0 Å². The van der Waals surface area contributed by atoms with Crippen LogP contribution in [0.25, 0.3) is 0 Å². The molecule has 0 unspecified atom stereocenters. The highest BCUT2D eigenvalue weighted by Gasteiger charge is 1.92. The van der Waals surface area contributed by atoms with Gasteiger partial charge in [-0.05, 0) is 31.2 Å². The van der Waals surface area contributed by atoms with E-state index in [4.69, 9.17) is 0 Å². The highest BCUT2D eigenvalue weighted by molar-refractivity contribution is 5.87. The number of hydrogen-bond donors (Lipinski definition) is 0. The molecule has 0 fully saturated rings. The van der Waals surface area contributed by atoms with Crippen molar-refractivity contribution in [3.8, 4) is 12.0 Å². The summed E-state index contributed by atoms with van der Waals surface area (Å²) in [5.74, 6) is 2.80. The van der Waals surface area contributed by atoms with Crippen LogP contribution in [-0.2, 0) is 4.79 Å². The largest absolute Gasteiger partial charge is 0.304 e. The van der Waals surface area contributed by atoms with Gasteiger partial charge in [-0.1, -0.05) is 24.1 Å². The number of ketones is 1. The van der Waals surface area contributed by atoms with Gasteiger partial charge in [-0.15, -0.1) is 0 Å². The van der Waals surface area contributed by atoms with Crippen molar-refractivity contribution in [2.24, 2.45) is 0 Å². The third kappa shape index (κ3) is 4.15. The molecule has 0 aliphatic heterocycles. The number of benzene rings is 1. The molecule has 0 N–H and O–H groups in total. The van der Waals surface area contributed by atoms with Gasteiger partial charge in [0.15, 0.2) is 5.78 Å². The predicted molar refractivity (Wildman–Crippen MR) is 62.4 cm³/mol. The number of allylic oxidation sites excluding steroid dienone is 2. The second-order valence-corrected chi connectivity index (χ2v) is 3.09. The number of carbonyl (C=O) groups excluding carboxylic acids is 1. The van der Waals surface area contributed by atoms with Gasteiger partial charge in [-0.2, -0.15) is 0 Å². The summed E-state index contributed by atoms with van der Waals surface area (Å²) in [7, 11) is 1.88. The Kier molecular flexibility index (Phi) is 4.18. The number of nitrogens with zero attached hydrogens (tertiary/aromatic N) is 1. The Labute approximate surface area is 90.2 Å². The van der Waals surface area contributed by atoms with Gasteiger partial charge in [-0.25, -0.2) is 0 Å². The average molecular weight is 199 g/mol. The molecule has 15 heavy (non-hydrogen) atoms. The van der Waals surface area contributed by atoms with E-state index in [9.17, 15) is 4.79 Å². The van der Waals surface area contributed by atoms with Crippen molar-refractivity contribution >= 4 is 11.5 Å². The molecule has 76 valence electrons. The molecule has 0 atom stereocenters. The fourth-order valence-electron chi connectivity index (χ4n) is 1.01. The molecule has 0 aromatic heterocycles. The molecule has 0 amide bonds. The fraction of sp³-hybridized carbons (Fsp3) is 0.154. The lowest BCUT2D eigenvalue weighted by Gasteiger charge is -2.09. The zero-order valence-corrected chi connectivity index (χ0v) is 8.90. The first-order chi connectivity index (χ1) is 7.20. The Balaban J connectivity index is 2.63. The van der Waals surface area contributed by atoms with Crippen LogP contribution in [0.4, 0.5) is 5.69 Å². The zero-order valence-electron chi connectivity index (χ0n) is 8.90. The van der Waals surface area contributed by atoms with Crippen molar-refractivity contribution in [1.29, 1.82) is 0 Å². The smallest absolute Gasteiger partial charge is 0.153 e. The molecular weight excluding hydrogens is 186 g/mol. The maximum absolute atomic E-state index is 10.6. The third-order valence-electron chi connectivity index (χ3n) is 1.78. The van der Waals surface area contributed by atoms with Crippen LogP contribution in [0.1, 0.15) is 6.92 Å². The second-order valence-electron chi connectivity index (χ2n) is 3.09. The SMILES string of the molecule is CC(=O)/C=C/C#CN(C)c1ccccc1. The average Bonchev–Trinajstić information content (AvgIpc) is 2.25. The molecule has 1 aromatic rings. The number of hydrogen-bond acceptors (Lipinski definition) is 2. The van der Waals surface area contributed by atoms with E-state index in [-0.39, 0.29) is 5.78 Å². The summed E-state index contributed by atoms with van der Waals surface area (Å²) in [6.07, 6.45) is 3.01.